The van der Waals surface area contributed by atoms with Crippen molar-refractivity contribution in [3.05, 3.63) is 35.1 Å². The molecule has 2 aromatic heterocycles. The van der Waals surface area contributed by atoms with Crippen LogP contribution in [0.5, 0.6) is 0 Å². The van der Waals surface area contributed by atoms with E-state index in [0.717, 1.165) is 22.9 Å². The maximum Gasteiger partial charge on any atom is 0.253 e. The number of aromatic nitrogens is 4. The SMILES string of the molecule is Cc1nc2nc(-c3ccc(Cl)cc3)c(NC(C)(C)C)n2[nH]1. The van der Waals surface area contributed by atoms with E-state index >= 15 is 0 Å². The standard InChI is InChI=1S/C15H18ClN5/c1-9-17-14-18-12(10-5-7-11(16)8-6-10)13(21(14)20-9)19-15(2,3)4/h5-8,19H,1-4H3,(H,17,18,20). The molecule has 0 saturated heterocycles. The summed E-state index contributed by atoms with van der Waals surface area (Å²) in [5.74, 6) is 2.39. The minimum atomic E-state index is -0.0871. The molecule has 1 aromatic carbocycles. The molecule has 0 amide bonds. The average molecular weight is 304 g/mol. The average Bonchev–Trinajstić information content (AvgIpc) is 2.87. The molecule has 0 atom stereocenters. The van der Waals surface area contributed by atoms with Crippen molar-refractivity contribution in [2.75, 3.05) is 5.32 Å². The Balaban J connectivity index is 2.19. The van der Waals surface area contributed by atoms with Crippen LogP contribution in [0.2, 0.25) is 5.02 Å². The summed E-state index contributed by atoms with van der Waals surface area (Å²) in [5.41, 5.74) is 1.78. The summed E-state index contributed by atoms with van der Waals surface area (Å²) >= 11 is 5.96. The lowest BCUT2D eigenvalue weighted by Crippen LogP contribution is -2.27. The Morgan fingerprint density at radius 1 is 1.14 bits per heavy atom. The Labute approximate surface area is 128 Å². The van der Waals surface area contributed by atoms with Crippen LogP contribution >= 0.6 is 11.6 Å². The van der Waals surface area contributed by atoms with Gasteiger partial charge in [0.2, 0.25) is 0 Å². The van der Waals surface area contributed by atoms with E-state index in [4.69, 9.17) is 11.6 Å². The third-order valence-electron chi connectivity index (χ3n) is 3.01. The van der Waals surface area contributed by atoms with Gasteiger partial charge in [0.05, 0.1) is 0 Å². The number of nitrogens with one attached hydrogen (secondary N) is 2. The third kappa shape index (κ3) is 2.74. The second kappa shape index (κ2) is 4.77. The van der Waals surface area contributed by atoms with E-state index in [1.165, 1.54) is 0 Å². The van der Waals surface area contributed by atoms with Crippen LogP contribution in [0, 0.1) is 6.92 Å². The molecule has 2 N–H and O–H groups in total. The van der Waals surface area contributed by atoms with Gasteiger partial charge in [0, 0.05) is 16.1 Å². The maximum atomic E-state index is 5.96. The van der Waals surface area contributed by atoms with Gasteiger partial charge in [-0.25, -0.2) is 9.50 Å². The maximum absolute atomic E-state index is 5.96. The Bertz CT molecular complexity index is 777. The van der Waals surface area contributed by atoms with Gasteiger partial charge in [-0.3, -0.25) is 5.10 Å². The fourth-order valence-electron chi connectivity index (χ4n) is 2.21. The first-order valence-corrected chi connectivity index (χ1v) is 7.20. The van der Waals surface area contributed by atoms with Gasteiger partial charge in [-0.2, -0.15) is 4.98 Å². The first-order valence-electron chi connectivity index (χ1n) is 6.83. The summed E-state index contributed by atoms with van der Waals surface area (Å²) < 4.78 is 1.88. The van der Waals surface area contributed by atoms with E-state index in [1.54, 1.807) is 0 Å². The van der Waals surface area contributed by atoms with Crippen molar-refractivity contribution < 1.29 is 0 Å². The summed E-state index contributed by atoms with van der Waals surface area (Å²) in [5, 5.41) is 7.41. The number of H-pyrrole nitrogens is 1. The van der Waals surface area contributed by atoms with E-state index in [1.807, 2.05) is 35.7 Å². The number of aromatic amines is 1. The Morgan fingerprint density at radius 3 is 2.43 bits per heavy atom. The van der Waals surface area contributed by atoms with Gasteiger partial charge in [0.1, 0.15) is 11.5 Å². The predicted molar refractivity (Wildman–Crippen MR) is 85.9 cm³/mol. The van der Waals surface area contributed by atoms with E-state index < -0.39 is 0 Å². The van der Waals surface area contributed by atoms with E-state index in [9.17, 15) is 0 Å². The minimum Gasteiger partial charge on any atom is -0.364 e. The molecule has 0 bridgehead atoms. The molecular formula is C15H18ClN5. The highest BCUT2D eigenvalue weighted by molar-refractivity contribution is 6.30. The highest BCUT2D eigenvalue weighted by Gasteiger charge is 2.21. The number of imidazole rings is 1. The van der Waals surface area contributed by atoms with Crippen LogP contribution < -0.4 is 5.32 Å². The Hall–Kier alpha value is -2.01. The number of halogens is 1. The largest absolute Gasteiger partial charge is 0.364 e. The minimum absolute atomic E-state index is 0.0871. The lowest BCUT2D eigenvalue weighted by molar-refractivity contribution is 0.627. The van der Waals surface area contributed by atoms with Gasteiger partial charge >= 0.3 is 0 Å². The molecule has 6 heteroatoms. The molecule has 110 valence electrons. The fraction of sp³-hybridized carbons (Fsp3) is 0.333. The summed E-state index contributed by atoms with van der Waals surface area (Å²) in [6.45, 7) is 8.25. The third-order valence-corrected chi connectivity index (χ3v) is 3.26. The van der Waals surface area contributed by atoms with Crippen molar-refractivity contribution in [2.24, 2.45) is 0 Å². The Kier molecular flexibility index (Phi) is 3.17. The molecule has 0 spiro atoms. The molecule has 5 nitrogen and oxygen atoms in total. The molecule has 3 aromatic rings. The Morgan fingerprint density at radius 2 is 1.81 bits per heavy atom. The van der Waals surface area contributed by atoms with Crippen LogP contribution in [0.15, 0.2) is 24.3 Å². The smallest absolute Gasteiger partial charge is 0.253 e. The van der Waals surface area contributed by atoms with Gasteiger partial charge in [0.15, 0.2) is 5.82 Å². The summed E-state index contributed by atoms with van der Waals surface area (Å²) in [6, 6.07) is 7.66. The number of anilines is 1. The molecule has 0 unspecified atom stereocenters. The van der Waals surface area contributed by atoms with Crippen molar-refractivity contribution in [3.8, 4) is 11.3 Å². The van der Waals surface area contributed by atoms with Crippen molar-refractivity contribution in [3.63, 3.8) is 0 Å². The molecule has 0 saturated carbocycles. The topological polar surface area (TPSA) is 58.0 Å². The molecule has 0 aliphatic heterocycles. The van der Waals surface area contributed by atoms with Gasteiger partial charge in [0.25, 0.3) is 5.78 Å². The summed E-state index contributed by atoms with van der Waals surface area (Å²) in [4.78, 5) is 9.03. The molecule has 0 aliphatic carbocycles. The lowest BCUT2D eigenvalue weighted by Gasteiger charge is -2.22. The van der Waals surface area contributed by atoms with Crippen LogP contribution in [-0.2, 0) is 0 Å². The number of rotatable bonds is 2. The molecule has 2 heterocycles. The van der Waals surface area contributed by atoms with E-state index in [0.29, 0.717) is 10.8 Å². The predicted octanol–water partition coefficient (Wildman–Crippen LogP) is 3.90. The van der Waals surface area contributed by atoms with Crippen molar-refractivity contribution in [1.82, 2.24) is 19.6 Å². The molecule has 21 heavy (non-hydrogen) atoms. The van der Waals surface area contributed by atoms with Crippen molar-refractivity contribution in [1.29, 1.82) is 0 Å². The highest BCUT2D eigenvalue weighted by atomic mass is 35.5. The number of nitrogens with zero attached hydrogens (tertiary/aromatic N) is 3. The molecular weight excluding hydrogens is 286 g/mol. The first kappa shape index (κ1) is 13.9. The van der Waals surface area contributed by atoms with Gasteiger partial charge < -0.3 is 5.32 Å². The number of hydrogen-bond donors (Lipinski definition) is 2. The number of fused-ring (bicyclic) bond motifs is 1. The monoisotopic (exact) mass is 303 g/mol. The number of hydrogen-bond acceptors (Lipinski definition) is 3. The van der Waals surface area contributed by atoms with Crippen LogP contribution in [0.3, 0.4) is 0 Å². The van der Waals surface area contributed by atoms with E-state index in [-0.39, 0.29) is 5.54 Å². The first-order chi connectivity index (χ1) is 9.83. The zero-order valence-electron chi connectivity index (χ0n) is 12.5. The zero-order valence-corrected chi connectivity index (χ0v) is 13.3. The molecule has 0 aliphatic rings. The van der Waals surface area contributed by atoms with Crippen molar-refractivity contribution >= 4 is 23.2 Å². The second-order valence-corrected chi connectivity index (χ2v) is 6.57. The lowest BCUT2D eigenvalue weighted by atomic mass is 10.1. The molecule has 3 rings (SSSR count). The van der Waals surface area contributed by atoms with Crippen LogP contribution in [0.1, 0.15) is 26.6 Å². The molecule has 0 fully saturated rings. The van der Waals surface area contributed by atoms with Crippen molar-refractivity contribution in [2.45, 2.75) is 33.2 Å². The zero-order chi connectivity index (χ0) is 15.2. The van der Waals surface area contributed by atoms with Gasteiger partial charge in [-0.05, 0) is 39.8 Å². The highest BCUT2D eigenvalue weighted by Crippen LogP contribution is 2.30. The number of aryl methyl sites for hydroxylation is 1. The van der Waals surface area contributed by atoms with Crippen LogP contribution in [0.25, 0.3) is 17.0 Å². The fourth-order valence-corrected chi connectivity index (χ4v) is 2.33. The summed E-state index contributed by atoms with van der Waals surface area (Å²) in [7, 11) is 0. The second-order valence-electron chi connectivity index (χ2n) is 6.14. The van der Waals surface area contributed by atoms with E-state index in [2.05, 4.69) is 41.2 Å². The molecule has 0 radical (unpaired) electrons. The van der Waals surface area contributed by atoms with Crippen LogP contribution in [-0.4, -0.2) is 25.1 Å². The summed E-state index contributed by atoms with van der Waals surface area (Å²) in [6.07, 6.45) is 0. The quantitative estimate of drug-likeness (QED) is 0.755. The van der Waals surface area contributed by atoms with Gasteiger partial charge in [-0.15, -0.1) is 0 Å². The number of benzene rings is 1. The normalized spacial score (nSPS) is 12.0. The van der Waals surface area contributed by atoms with Gasteiger partial charge in [-0.1, -0.05) is 23.7 Å². The van der Waals surface area contributed by atoms with Crippen LogP contribution in [0.4, 0.5) is 5.82 Å².